The molecule has 1 aliphatic heterocycles. The Labute approximate surface area is 93.4 Å². The SMILES string of the molecule is C=CC(=O)N1CCC[C@@H]1c1csc(C)n1. The summed E-state index contributed by atoms with van der Waals surface area (Å²) in [6.45, 7) is 6.34. The number of likely N-dealkylation sites (tertiary alicyclic amines) is 1. The number of carbonyl (C=O) groups is 1. The number of thiazole rings is 1. The summed E-state index contributed by atoms with van der Waals surface area (Å²) in [4.78, 5) is 17.9. The Morgan fingerprint density at radius 1 is 1.80 bits per heavy atom. The molecule has 1 fully saturated rings. The van der Waals surface area contributed by atoms with Crippen LogP contribution in [0.1, 0.15) is 29.6 Å². The summed E-state index contributed by atoms with van der Waals surface area (Å²) in [5, 5.41) is 3.11. The van der Waals surface area contributed by atoms with E-state index in [1.807, 2.05) is 11.8 Å². The number of hydrogen-bond donors (Lipinski definition) is 0. The molecular formula is C11H14N2OS. The lowest BCUT2D eigenvalue weighted by Crippen LogP contribution is -2.28. The topological polar surface area (TPSA) is 33.2 Å². The van der Waals surface area contributed by atoms with Gasteiger partial charge in [-0.3, -0.25) is 4.79 Å². The number of nitrogens with zero attached hydrogens (tertiary/aromatic N) is 2. The molecule has 0 bridgehead atoms. The van der Waals surface area contributed by atoms with Crippen molar-refractivity contribution in [1.29, 1.82) is 0 Å². The van der Waals surface area contributed by atoms with E-state index in [2.05, 4.69) is 16.9 Å². The summed E-state index contributed by atoms with van der Waals surface area (Å²) in [6, 6.07) is 0.167. The fourth-order valence-corrected chi connectivity index (χ4v) is 2.65. The van der Waals surface area contributed by atoms with E-state index < -0.39 is 0 Å². The maximum absolute atomic E-state index is 11.6. The van der Waals surface area contributed by atoms with Gasteiger partial charge >= 0.3 is 0 Å². The molecule has 0 saturated carbocycles. The van der Waals surface area contributed by atoms with Crippen LogP contribution >= 0.6 is 11.3 Å². The molecule has 1 amide bonds. The molecule has 0 unspecified atom stereocenters. The normalized spacial score (nSPS) is 20.6. The van der Waals surface area contributed by atoms with E-state index in [1.54, 1.807) is 11.3 Å². The van der Waals surface area contributed by atoms with Crippen LogP contribution in [0.25, 0.3) is 0 Å². The van der Waals surface area contributed by atoms with Crippen LogP contribution in [0, 0.1) is 6.92 Å². The predicted octanol–water partition coefficient (Wildman–Crippen LogP) is 2.30. The number of carbonyl (C=O) groups excluding carboxylic acids is 1. The molecule has 15 heavy (non-hydrogen) atoms. The molecule has 3 nitrogen and oxygen atoms in total. The van der Waals surface area contributed by atoms with E-state index >= 15 is 0 Å². The molecule has 80 valence electrons. The van der Waals surface area contributed by atoms with Crippen molar-refractivity contribution < 1.29 is 4.79 Å². The first-order chi connectivity index (χ1) is 7.22. The van der Waals surface area contributed by atoms with Crippen LogP contribution in [0.4, 0.5) is 0 Å². The van der Waals surface area contributed by atoms with E-state index in [4.69, 9.17) is 0 Å². The van der Waals surface area contributed by atoms with Gasteiger partial charge in [0.2, 0.25) is 5.91 Å². The molecular weight excluding hydrogens is 208 g/mol. The highest BCUT2D eigenvalue weighted by molar-refractivity contribution is 7.09. The summed E-state index contributed by atoms with van der Waals surface area (Å²) in [6.07, 6.45) is 3.46. The zero-order valence-electron chi connectivity index (χ0n) is 8.77. The van der Waals surface area contributed by atoms with Gasteiger partial charge in [-0.2, -0.15) is 0 Å². The molecule has 1 atom stereocenters. The van der Waals surface area contributed by atoms with Crippen molar-refractivity contribution in [3.8, 4) is 0 Å². The molecule has 1 aromatic heterocycles. The average Bonchev–Trinajstić information content (AvgIpc) is 2.84. The van der Waals surface area contributed by atoms with Crippen LogP contribution in [-0.4, -0.2) is 22.3 Å². The summed E-state index contributed by atoms with van der Waals surface area (Å²) < 4.78 is 0. The molecule has 2 heterocycles. The zero-order chi connectivity index (χ0) is 10.8. The largest absolute Gasteiger partial charge is 0.331 e. The number of aromatic nitrogens is 1. The van der Waals surface area contributed by atoms with E-state index in [0.29, 0.717) is 0 Å². The molecule has 1 aliphatic rings. The smallest absolute Gasteiger partial charge is 0.246 e. The van der Waals surface area contributed by atoms with Crippen molar-refractivity contribution in [3.05, 3.63) is 28.7 Å². The quantitative estimate of drug-likeness (QED) is 0.719. The van der Waals surface area contributed by atoms with E-state index in [-0.39, 0.29) is 11.9 Å². The molecule has 1 aromatic rings. The minimum atomic E-state index is 0.0168. The third-order valence-electron chi connectivity index (χ3n) is 2.69. The maximum Gasteiger partial charge on any atom is 0.246 e. The monoisotopic (exact) mass is 222 g/mol. The zero-order valence-corrected chi connectivity index (χ0v) is 9.59. The minimum absolute atomic E-state index is 0.0168. The second-order valence-corrected chi connectivity index (χ2v) is 4.75. The van der Waals surface area contributed by atoms with Crippen molar-refractivity contribution in [2.45, 2.75) is 25.8 Å². The van der Waals surface area contributed by atoms with Gasteiger partial charge in [0.1, 0.15) is 0 Å². The third-order valence-corrected chi connectivity index (χ3v) is 3.48. The fourth-order valence-electron chi connectivity index (χ4n) is 1.99. The first-order valence-corrected chi connectivity index (χ1v) is 5.95. The van der Waals surface area contributed by atoms with Crippen LogP contribution in [0.2, 0.25) is 0 Å². The number of hydrogen-bond acceptors (Lipinski definition) is 3. The van der Waals surface area contributed by atoms with Crippen molar-refractivity contribution in [2.24, 2.45) is 0 Å². The van der Waals surface area contributed by atoms with Crippen LogP contribution in [-0.2, 0) is 4.79 Å². The molecule has 0 N–H and O–H groups in total. The van der Waals surface area contributed by atoms with Crippen molar-refractivity contribution in [1.82, 2.24) is 9.88 Å². The van der Waals surface area contributed by atoms with E-state index in [0.717, 1.165) is 30.1 Å². The molecule has 4 heteroatoms. The van der Waals surface area contributed by atoms with E-state index in [1.165, 1.54) is 6.08 Å². The average molecular weight is 222 g/mol. The van der Waals surface area contributed by atoms with Gasteiger partial charge in [-0.05, 0) is 25.8 Å². The molecule has 0 aliphatic carbocycles. The van der Waals surface area contributed by atoms with Crippen molar-refractivity contribution in [2.75, 3.05) is 6.54 Å². The molecule has 0 spiro atoms. The summed E-state index contributed by atoms with van der Waals surface area (Å²) >= 11 is 1.64. The van der Waals surface area contributed by atoms with Gasteiger partial charge in [-0.25, -0.2) is 4.98 Å². The lowest BCUT2D eigenvalue weighted by Gasteiger charge is -2.21. The van der Waals surface area contributed by atoms with Gasteiger partial charge in [0, 0.05) is 11.9 Å². The Kier molecular flexibility index (Phi) is 2.86. The van der Waals surface area contributed by atoms with Gasteiger partial charge in [0.25, 0.3) is 0 Å². The van der Waals surface area contributed by atoms with Crippen LogP contribution in [0.5, 0.6) is 0 Å². The van der Waals surface area contributed by atoms with E-state index in [9.17, 15) is 4.79 Å². The first kappa shape index (κ1) is 10.4. The standard InChI is InChI=1S/C11H14N2OS/c1-3-11(14)13-6-4-5-10(13)9-7-15-8(2)12-9/h3,7,10H,1,4-6H2,2H3/t10-/m1/s1. The minimum Gasteiger partial charge on any atom is -0.331 e. The van der Waals surface area contributed by atoms with Crippen LogP contribution < -0.4 is 0 Å². The molecule has 1 saturated heterocycles. The van der Waals surface area contributed by atoms with Crippen LogP contribution in [0.15, 0.2) is 18.0 Å². The van der Waals surface area contributed by atoms with Gasteiger partial charge in [0.05, 0.1) is 16.7 Å². The highest BCUT2D eigenvalue weighted by Gasteiger charge is 2.29. The number of aryl methyl sites for hydroxylation is 1. The summed E-state index contributed by atoms with van der Waals surface area (Å²) in [7, 11) is 0. The van der Waals surface area contributed by atoms with Crippen molar-refractivity contribution in [3.63, 3.8) is 0 Å². The molecule has 2 rings (SSSR count). The highest BCUT2D eigenvalue weighted by atomic mass is 32.1. The highest BCUT2D eigenvalue weighted by Crippen LogP contribution is 2.32. The Hall–Kier alpha value is -1.16. The van der Waals surface area contributed by atoms with Gasteiger partial charge in [-0.1, -0.05) is 6.58 Å². The predicted molar refractivity (Wildman–Crippen MR) is 60.7 cm³/mol. The molecule has 0 aromatic carbocycles. The Morgan fingerprint density at radius 3 is 3.20 bits per heavy atom. The lowest BCUT2D eigenvalue weighted by molar-refractivity contribution is -0.126. The Morgan fingerprint density at radius 2 is 2.60 bits per heavy atom. The van der Waals surface area contributed by atoms with Crippen LogP contribution in [0.3, 0.4) is 0 Å². The first-order valence-electron chi connectivity index (χ1n) is 5.07. The Bertz CT molecular complexity index is 386. The molecule has 0 radical (unpaired) electrons. The van der Waals surface area contributed by atoms with Crippen molar-refractivity contribution >= 4 is 17.2 Å². The summed E-state index contributed by atoms with van der Waals surface area (Å²) in [5.41, 5.74) is 1.03. The fraction of sp³-hybridized carbons (Fsp3) is 0.455. The Balaban J connectivity index is 2.21. The third kappa shape index (κ3) is 1.95. The van der Waals surface area contributed by atoms with Gasteiger partial charge < -0.3 is 4.90 Å². The summed E-state index contributed by atoms with van der Waals surface area (Å²) in [5.74, 6) is 0.0168. The van der Waals surface area contributed by atoms with Gasteiger partial charge in [-0.15, -0.1) is 11.3 Å². The lowest BCUT2D eigenvalue weighted by atomic mass is 10.1. The maximum atomic E-state index is 11.6. The second-order valence-electron chi connectivity index (χ2n) is 3.69. The second kappa shape index (κ2) is 4.14. The number of amides is 1. The van der Waals surface area contributed by atoms with Gasteiger partial charge in [0.15, 0.2) is 0 Å². The number of rotatable bonds is 2.